The van der Waals surface area contributed by atoms with Crippen molar-refractivity contribution in [3.05, 3.63) is 122 Å². The molecule has 0 fully saturated rings. The number of hydrogen-bond acceptors (Lipinski definition) is 7. The van der Waals surface area contributed by atoms with Crippen LogP contribution in [-0.2, 0) is 6.42 Å². The first-order valence-corrected chi connectivity index (χ1v) is 9.84. The first-order chi connectivity index (χ1) is 15.9. The number of hydrogen-bond donors (Lipinski definition) is 1. The van der Waals surface area contributed by atoms with Gasteiger partial charge in [-0.25, -0.2) is 0 Å². The molecule has 0 bridgehead atoms. The molecule has 3 aromatic carbocycles. The van der Waals surface area contributed by atoms with Crippen LogP contribution in [0.3, 0.4) is 0 Å². The number of nitrogens with one attached hydrogen (secondary N) is 1. The molecule has 0 spiro atoms. The summed E-state index contributed by atoms with van der Waals surface area (Å²) in [6.45, 7) is 0. The SMILES string of the molecule is O=[N+]([O-])c1ccc(N/N=C(\Cc2cccc[n+]2[O-])c2ccc3ccccc3c2)c([N+](=O)[O-])c1. The van der Waals surface area contributed by atoms with Crippen LogP contribution in [0.2, 0.25) is 0 Å². The molecule has 0 amide bonds. The van der Waals surface area contributed by atoms with Gasteiger partial charge in [0.1, 0.15) is 5.69 Å². The van der Waals surface area contributed by atoms with Crippen molar-refractivity contribution in [3.8, 4) is 0 Å². The fourth-order valence-electron chi connectivity index (χ4n) is 3.35. The molecule has 0 aliphatic carbocycles. The number of benzene rings is 3. The van der Waals surface area contributed by atoms with E-state index in [-0.39, 0.29) is 12.1 Å². The van der Waals surface area contributed by atoms with E-state index in [4.69, 9.17) is 0 Å². The molecule has 0 unspecified atom stereocenters. The van der Waals surface area contributed by atoms with Crippen molar-refractivity contribution < 1.29 is 14.6 Å². The van der Waals surface area contributed by atoms with E-state index in [2.05, 4.69) is 10.5 Å². The normalized spacial score (nSPS) is 11.3. The second-order valence-corrected chi connectivity index (χ2v) is 7.14. The summed E-state index contributed by atoms with van der Waals surface area (Å²) in [7, 11) is 0. The molecule has 164 valence electrons. The summed E-state index contributed by atoms with van der Waals surface area (Å²) < 4.78 is 0.727. The maximum Gasteiger partial charge on any atom is 0.301 e. The van der Waals surface area contributed by atoms with Gasteiger partial charge in [0.15, 0.2) is 11.9 Å². The van der Waals surface area contributed by atoms with Crippen LogP contribution in [0.25, 0.3) is 10.8 Å². The van der Waals surface area contributed by atoms with Crippen molar-refractivity contribution in [3.63, 3.8) is 0 Å². The predicted octanol–water partition coefficient (Wildman–Crippen LogP) is 4.35. The largest absolute Gasteiger partial charge is 0.618 e. The lowest BCUT2D eigenvalue weighted by Crippen LogP contribution is -2.32. The maximum absolute atomic E-state index is 12.2. The molecule has 0 saturated carbocycles. The van der Waals surface area contributed by atoms with Crippen molar-refractivity contribution in [2.45, 2.75) is 6.42 Å². The van der Waals surface area contributed by atoms with Crippen LogP contribution in [0.1, 0.15) is 11.3 Å². The minimum Gasteiger partial charge on any atom is -0.618 e. The number of fused-ring (bicyclic) bond motifs is 1. The van der Waals surface area contributed by atoms with Crippen molar-refractivity contribution in [1.82, 2.24) is 0 Å². The van der Waals surface area contributed by atoms with E-state index in [1.807, 2.05) is 42.5 Å². The number of non-ortho nitro benzene ring substituents is 1. The zero-order valence-electron chi connectivity index (χ0n) is 17.1. The molecule has 0 radical (unpaired) electrons. The van der Waals surface area contributed by atoms with E-state index in [0.29, 0.717) is 11.4 Å². The van der Waals surface area contributed by atoms with Gasteiger partial charge in [-0.1, -0.05) is 36.4 Å². The first-order valence-electron chi connectivity index (χ1n) is 9.84. The number of pyridine rings is 1. The molecule has 0 aliphatic rings. The Morgan fingerprint density at radius 1 is 0.879 bits per heavy atom. The number of rotatable bonds is 7. The highest BCUT2D eigenvalue weighted by Crippen LogP contribution is 2.29. The molecule has 1 heterocycles. The molecule has 0 aliphatic heterocycles. The molecule has 0 atom stereocenters. The summed E-state index contributed by atoms with van der Waals surface area (Å²) >= 11 is 0. The van der Waals surface area contributed by atoms with Gasteiger partial charge in [-0.3, -0.25) is 25.7 Å². The molecule has 0 saturated heterocycles. The average molecular weight is 443 g/mol. The van der Waals surface area contributed by atoms with Crippen LogP contribution in [0.4, 0.5) is 17.1 Å². The van der Waals surface area contributed by atoms with Gasteiger partial charge in [-0.05, 0) is 34.5 Å². The van der Waals surface area contributed by atoms with E-state index in [0.717, 1.165) is 33.2 Å². The standard InChI is InChI=1S/C23H17N5O5/c29-26-12-4-3-7-19(26)14-22(18-9-8-16-5-1-2-6-17(16)13-18)25-24-21-11-10-20(27(30)31)15-23(21)28(32)33/h1-13,15,24H,14H2/b25-22+. The summed E-state index contributed by atoms with van der Waals surface area (Å²) in [4.78, 5) is 21.0. The maximum atomic E-state index is 12.2. The molecule has 4 aromatic rings. The Bertz CT molecular complexity index is 1400. The summed E-state index contributed by atoms with van der Waals surface area (Å²) in [5.41, 5.74) is 3.38. The topological polar surface area (TPSA) is 138 Å². The predicted molar refractivity (Wildman–Crippen MR) is 123 cm³/mol. The summed E-state index contributed by atoms with van der Waals surface area (Å²) in [5, 5.41) is 41.0. The van der Waals surface area contributed by atoms with Gasteiger partial charge >= 0.3 is 5.69 Å². The Hall–Kier alpha value is -4.86. The molecular weight excluding hydrogens is 426 g/mol. The number of anilines is 1. The highest BCUT2D eigenvalue weighted by molar-refractivity contribution is 6.04. The molecule has 4 rings (SSSR count). The summed E-state index contributed by atoms with van der Waals surface area (Å²) in [5.74, 6) is 0. The number of hydrazone groups is 1. The van der Waals surface area contributed by atoms with E-state index >= 15 is 0 Å². The second kappa shape index (κ2) is 9.10. The van der Waals surface area contributed by atoms with Gasteiger partial charge in [0.05, 0.1) is 28.0 Å². The smallest absolute Gasteiger partial charge is 0.301 e. The number of nitrogens with zero attached hydrogens (tertiary/aromatic N) is 4. The van der Waals surface area contributed by atoms with Crippen LogP contribution in [0, 0.1) is 25.4 Å². The van der Waals surface area contributed by atoms with Crippen LogP contribution in [0.5, 0.6) is 0 Å². The Balaban J connectivity index is 1.76. The van der Waals surface area contributed by atoms with Gasteiger partial charge in [0.25, 0.3) is 5.69 Å². The molecule has 1 N–H and O–H groups in total. The quantitative estimate of drug-likeness (QED) is 0.148. The second-order valence-electron chi connectivity index (χ2n) is 7.14. The van der Waals surface area contributed by atoms with Crippen LogP contribution in [0.15, 0.2) is 90.2 Å². The van der Waals surface area contributed by atoms with Gasteiger partial charge in [0, 0.05) is 18.2 Å². The number of nitro groups is 2. The van der Waals surface area contributed by atoms with Gasteiger partial charge in [-0.15, -0.1) is 0 Å². The third kappa shape index (κ3) is 4.74. The third-order valence-corrected chi connectivity index (χ3v) is 5.04. The highest BCUT2D eigenvalue weighted by atomic mass is 16.6. The molecular formula is C23H17N5O5. The number of aromatic nitrogens is 1. The van der Waals surface area contributed by atoms with Gasteiger partial charge in [0.2, 0.25) is 0 Å². The molecule has 10 nitrogen and oxygen atoms in total. The Morgan fingerprint density at radius 2 is 1.64 bits per heavy atom. The van der Waals surface area contributed by atoms with E-state index < -0.39 is 21.2 Å². The molecule has 1 aromatic heterocycles. The minimum atomic E-state index is -0.719. The van der Waals surface area contributed by atoms with Crippen molar-refractivity contribution in [1.29, 1.82) is 0 Å². The van der Waals surface area contributed by atoms with E-state index in [9.17, 15) is 25.4 Å². The van der Waals surface area contributed by atoms with E-state index in [1.165, 1.54) is 12.3 Å². The Labute approximate surface area is 187 Å². The fraction of sp³-hybridized carbons (Fsp3) is 0.0435. The molecule has 10 heteroatoms. The van der Waals surface area contributed by atoms with Crippen LogP contribution >= 0.6 is 0 Å². The Kier molecular flexibility index (Phi) is 5.90. The van der Waals surface area contributed by atoms with Gasteiger partial charge < -0.3 is 5.21 Å². The molecule has 33 heavy (non-hydrogen) atoms. The lowest BCUT2D eigenvalue weighted by molar-refractivity contribution is -0.613. The zero-order valence-corrected chi connectivity index (χ0v) is 17.1. The Morgan fingerprint density at radius 3 is 2.36 bits per heavy atom. The number of nitro benzene ring substituents is 2. The van der Waals surface area contributed by atoms with Crippen molar-refractivity contribution >= 4 is 33.5 Å². The summed E-state index contributed by atoms with van der Waals surface area (Å²) in [6, 6.07) is 21.7. The average Bonchev–Trinajstić information content (AvgIpc) is 2.82. The monoisotopic (exact) mass is 443 g/mol. The van der Waals surface area contributed by atoms with Crippen LogP contribution in [-0.4, -0.2) is 15.6 Å². The fourth-order valence-corrected chi connectivity index (χ4v) is 3.35. The lowest BCUT2D eigenvalue weighted by atomic mass is 10.0. The highest BCUT2D eigenvalue weighted by Gasteiger charge is 2.20. The zero-order chi connectivity index (χ0) is 23.4. The van der Waals surface area contributed by atoms with Crippen molar-refractivity contribution in [2.75, 3.05) is 5.43 Å². The third-order valence-electron chi connectivity index (χ3n) is 5.04. The minimum absolute atomic E-state index is 0.00745. The van der Waals surface area contributed by atoms with Crippen molar-refractivity contribution in [2.24, 2.45) is 5.10 Å². The summed E-state index contributed by atoms with van der Waals surface area (Å²) in [6.07, 6.45) is 1.53. The van der Waals surface area contributed by atoms with Crippen LogP contribution < -0.4 is 10.2 Å². The van der Waals surface area contributed by atoms with E-state index in [1.54, 1.807) is 18.2 Å². The van der Waals surface area contributed by atoms with Gasteiger partial charge in [-0.2, -0.15) is 9.83 Å². The lowest BCUT2D eigenvalue weighted by Gasteiger charge is -2.10. The first kappa shape index (κ1) is 21.4.